The second-order valence-electron chi connectivity index (χ2n) is 6.48. The Bertz CT molecular complexity index is 742. The summed E-state index contributed by atoms with van der Waals surface area (Å²) in [5.41, 5.74) is 0. The lowest BCUT2D eigenvalue weighted by Crippen LogP contribution is -2.34. The molecule has 0 amide bonds. The van der Waals surface area contributed by atoms with Gasteiger partial charge in [-0.05, 0) is 19.2 Å². The van der Waals surface area contributed by atoms with Crippen LogP contribution in [0.5, 0.6) is 0 Å². The molecule has 0 bridgehead atoms. The van der Waals surface area contributed by atoms with E-state index in [1.807, 2.05) is 6.07 Å². The zero-order valence-corrected chi connectivity index (χ0v) is 15.3. The number of hydrogen-bond donors (Lipinski definition) is 2. The molecule has 1 aromatic rings. The molecule has 1 aromatic carbocycles. The van der Waals surface area contributed by atoms with Gasteiger partial charge >= 0.3 is 12.1 Å². The van der Waals surface area contributed by atoms with Gasteiger partial charge in [-0.2, -0.15) is 13.2 Å². The first-order valence-corrected chi connectivity index (χ1v) is 9.64. The van der Waals surface area contributed by atoms with Gasteiger partial charge in [-0.25, -0.2) is 17.9 Å². The Morgan fingerprint density at radius 1 is 1.30 bits per heavy atom. The van der Waals surface area contributed by atoms with Crippen LogP contribution in [0.2, 0.25) is 0 Å². The van der Waals surface area contributed by atoms with Gasteiger partial charge in [0.15, 0.2) is 0 Å². The molecule has 11 heteroatoms. The lowest BCUT2D eigenvalue weighted by Gasteiger charge is -2.17. The molecule has 2 N–H and O–H groups in total. The molecule has 0 radical (unpaired) electrons. The number of benzene rings is 1. The van der Waals surface area contributed by atoms with Gasteiger partial charge in [0.25, 0.3) is 0 Å². The molecule has 27 heavy (non-hydrogen) atoms. The minimum Gasteiger partial charge on any atom is -0.475 e. The molecule has 0 unspecified atom stereocenters. The van der Waals surface area contributed by atoms with Crippen molar-refractivity contribution >= 4 is 16.0 Å². The van der Waals surface area contributed by atoms with Crippen molar-refractivity contribution in [3.8, 4) is 0 Å². The number of hydrogen-bond acceptors (Lipinski definition) is 5. The summed E-state index contributed by atoms with van der Waals surface area (Å²) in [5.74, 6) is -2.05. The normalized spacial score (nSPS) is 25.6. The number of nitrogens with one attached hydrogen (secondary N) is 1. The number of rotatable bonds is 4. The van der Waals surface area contributed by atoms with Gasteiger partial charge in [-0.3, -0.25) is 0 Å². The first-order chi connectivity index (χ1) is 12.5. The molecule has 2 aliphatic rings. The van der Waals surface area contributed by atoms with Gasteiger partial charge in [0.2, 0.25) is 10.0 Å². The number of halogens is 3. The third kappa shape index (κ3) is 5.89. The molecular formula is C16H21F3N2O5S. The maximum atomic E-state index is 12.2. The van der Waals surface area contributed by atoms with E-state index in [2.05, 4.69) is 16.7 Å². The summed E-state index contributed by atoms with van der Waals surface area (Å²) in [4.78, 5) is 11.5. The topological polar surface area (TPSA) is 95.9 Å². The Balaban J connectivity index is 0.000000321. The van der Waals surface area contributed by atoms with E-state index in [-0.39, 0.29) is 12.0 Å². The molecular weight excluding hydrogens is 389 g/mol. The minimum atomic E-state index is -5.08. The van der Waals surface area contributed by atoms with Gasteiger partial charge in [-0.15, -0.1) is 0 Å². The highest BCUT2D eigenvalue weighted by molar-refractivity contribution is 7.89. The summed E-state index contributed by atoms with van der Waals surface area (Å²) >= 11 is 0. The summed E-state index contributed by atoms with van der Waals surface area (Å²) in [7, 11) is -1.33. The highest BCUT2D eigenvalue weighted by Gasteiger charge is 2.42. The fraction of sp³-hybridized carbons (Fsp3) is 0.562. The number of likely N-dealkylation sites (tertiary alicyclic amines) is 1. The number of likely N-dealkylation sites (N-methyl/N-ethyl adjacent to an activating group) is 1. The molecule has 2 fully saturated rings. The van der Waals surface area contributed by atoms with Crippen molar-refractivity contribution < 1.29 is 36.2 Å². The second-order valence-corrected chi connectivity index (χ2v) is 8.25. The molecule has 2 heterocycles. The number of carboxylic acid groups (broad SMARTS) is 1. The quantitative estimate of drug-likeness (QED) is 0.774. The van der Waals surface area contributed by atoms with Gasteiger partial charge in [0, 0.05) is 31.5 Å². The molecule has 0 aromatic heterocycles. The first kappa shape index (κ1) is 21.6. The highest BCUT2D eigenvalue weighted by Crippen LogP contribution is 2.32. The number of sulfonamides is 1. The van der Waals surface area contributed by atoms with E-state index in [0.29, 0.717) is 24.0 Å². The fourth-order valence-electron chi connectivity index (χ4n) is 3.10. The van der Waals surface area contributed by atoms with Crippen molar-refractivity contribution in [2.24, 2.45) is 11.8 Å². The van der Waals surface area contributed by atoms with Crippen molar-refractivity contribution in [3.05, 3.63) is 30.3 Å². The van der Waals surface area contributed by atoms with Gasteiger partial charge in [0.05, 0.1) is 17.6 Å². The van der Waals surface area contributed by atoms with E-state index in [0.717, 1.165) is 13.1 Å². The van der Waals surface area contributed by atoms with Crippen LogP contribution in [0.4, 0.5) is 13.2 Å². The Kier molecular flexibility index (Phi) is 6.84. The van der Waals surface area contributed by atoms with Crippen molar-refractivity contribution in [2.75, 3.05) is 33.3 Å². The smallest absolute Gasteiger partial charge is 0.475 e. The predicted molar refractivity (Wildman–Crippen MR) is 89.5 cm³/mol. The Morgan fingerprint density at radius 3 is 2.44 bits per heavy atom. The zero-order chi connectivity index (χ0) is 20.2. The summed E-state index contributed by atoms with van der Waals surface area (Å²) in [6, 6.07) is 8.49. The van der Waals surface area contributed by atoms with Crippen LogP contribution in [0.15, 0.2) is 35.2 Å². The largest absolute Gasteiger partial charge is 0.490 e. The molecule has 0 aliphatic carbocycles. The number of nitrogens with zero attached hydrogens (tertiary/aromatic N) is 1. The van der Waals surface area contributed by atoms with Crippen LogP contribution in [-0.4, -0.2) is 70.0 Å². The lowest BCUT2D eigenvalue weighted by atomic mass is 9.93. The van der Waals surface area contributed by atoms with Crippen LogP contribution in [0, 0.1) is 11.8 Å². The number of alkyl halides is 3. The number of ether oxygens (including phenoxy) is 1. The van der Waals surface area contributed by atoms with Crippen LogP contribution in [0.3, 0.4) is 0 Å². The van der Waals surface area contributed by atoms with Crippen molar-refractivity contribution in [1.82, 2.24) is 9.62 Å². The van der Waals surface area contributed by atoms with Crippen LogP contribution in [0.1, 0.15) is 0 Å². The standard InChI is InChI=1S/C14H20N2O3S.C2HF3O2/c1-16-8-13-11(10-19-14(13)9-16)7-15-20(17,18)12-5-3-2-4-6-12;3-2(4,5)1(6)7/h2-6,11,13-15H,7-10H2,1H3;(H,6,7)/t11-,13-,14-;/m1./s1. The molecule has 0 spiro atoms. The Morgan fingerprint density at radius 2 is 1.89 bits per heavy atom. The van der Waals surface area contributed by atoms with Crippen LogP contribution in [0.25, 0.3) is 0 Å². The van der Waals surface area contributed by atoms with E-state index in [9.17, 15) is 21.6 Å². The SMILES string of the molecule is CN1C[C@@H]2[C@H](CNS(=O)(=O)c3ccccc3)CO[C@@H]2C1.O=C(O)C(F)(F)F. The zero-order valence-electron chi connectivity index (χ0n) is 14.5. The third-order valence-corrected chi connectivity index (χ3v) is 5.89. The number of aliphatic carboxylic acids is 1. The van der Waals surface area contributed by atoms with Crippen molar-refractivity contribution in [2.45, 2.75) is 17.2 Å². The maximum absolute atomic E-state index is 12.2. The van der Waals surface area contributed by atoms with Crippen molar-refractivity contribution in [1.29, 1.82) is 0 Å². The van der Waals surface area contributed by atoms with Crippen LogP contribution >= 0.6 is 0 Å². The monoisotopic (exact) mass is 410 g/mol. The molecule has 2 aliphatic heterocycles. The molecule has 2 saturated heterocycles. The summed E-state index contributed by atoms with van der Waals surface area (Å²) in [6.07, 6.45) is -4.81. The lowest BCUT2D eigenvalue weighted by molar-refractivity contribution is -0.192. The van der Waals surface area contributed by atoms with E-state index in [4.69, 9.17) is 14.6 Å². The Hall–Kier alpha value is -1.69. The highest BCUT2D eigenvalue weighted by atomic mass is 32.2. The van der Waals surface area contributed by atoms with Crippen LogP contribution in [-0.2, 0) is 19.6 Å². The molecule has 3 atom stereocenters. The maximum Gasteiger partial charge on any atom is 0.490 e. The molecule has 0 saturated carbocycles. The van der Waals surface area contributed by atoms with Crippen LogP contribution < -0.4 is 4.72 Å². The fourth-order valence-corrected chi connectivity index (χ4v) is 4.22. The van der Waals surface area contributed by atoms with Gasteiger partial charge < -0.3 is 14.7 Å². The summed E-state index contributed by atoms with van der Waals surface area (Å²) in [5, 5.41) is 7.12. The first-order valence-electron chi connectivity index (χ1n) is 8.15. The van der Waals surface area contributed by atoms with Gasteiger partial charge in [0.1, 0.15) is 0 Å². The number of fused-ring (bicyclic) bond motifs is 1. The van der Waals surface area contributed by atoms with E-state index >= 15 is 0 Å². The minimum absolute atomic E-state index is 0.267. The average molecular weight is 410 g/mol. The summed E-state index contributed by atoms with van der Waals surface area (Å²) in [6.45, 7) is 3.04. The third-order valence-electron chi connectivity index (χ3n) is 4.45. The Labute approximate surface area is 155 Å². The molecule has 3 rings (SSSR count). The average Bonchev–Trinajstić information content (AvgIpc) is 3.13. The number of carbonyl (C=O) groups is 1. The number of carboxylic acids is 1. The summed E-state index contributed by atoms with van der Waals surface area (Å²) < 4.78 is 64.6. The van der Waals surface area contributed by atoms with Gasteiger partial charge in [-0.1, -0.05) is 18.2 Å². The van der Waals surface area contributed by atoms with Crippen molar-refractivity contribution in [3.63, 3.8) is 0 Å². The van der Waals surface area contributed by atoms with E-state index < -0.39 is 22.2 Å². The van der Waals surface area contributed by atoms with E-state index in [1.54, 1.807) is 24.3 Å². The van der Waals surface area contributed by atoms with E-state index in [1.165, 1.54) is 0 Å². The molecule has 7 nitrogen and oxygen atoms in total. The predicted octanol–water partition coefficient (Wildman–Crippen LogP) is 1.17. The molecule has 152 valence electrons. The second kappa shape index (κ2) is 8.55.